The number of hydrogen-bond donors (Lipinski definition) is 2. The van der Waals surface area contributed by atoms with Crippen molar-refractivity contribution in [2.75, 3.05) is 24.6 Å². The molecule has 2 N–H and O–H groups in total. The zero-order valence-corrected chi connectivity index (χ0v) is 42.9. The molecule has 0 aromatic heterocycles. The first-order chi connectivity index (χ1) is 30.5. The number of rotatable bonds is 52. The summed E-state index contributed by atoms with van der Waals surface area (Å²) < 4.78 is 5.84. The van der Waals surface area contributed by atoms with Crippen LogP contribution in [-0.4, -0.2) is 48.5 Å². The Bertz CT molecular complexity index is 883. The summed E-state index contributed by atoms with van der Waals surface area (Å²) in [7, 11) is 0. The molecule has 7 heteroatoms. The molecule has 62 heavy (non-hydrogen) atoms. The van der Waals surface area contributed by atoms with Gasteiger partial charge in [0.25, 0.3) is 0 Å². The third-order valence-corrected chi connectivity index (χ3v) is 13.7. The average Bonchev–Trinajstić information content (AvgIpc) is 3.27. The van der Waals surface area contributed by atoms with Crippen LogP contribution in [0.5, 0.6) is 0 Å². The lowest BCUT2D eigenvalue weighted by molar-refractivity contribution is -0.146. The van der Waals surface area contributed by atoms with Crippen LogP contribution in [0.3, 0.4) is 0 Å². The van der Waals surface area contributed by atoms with Crippen molar-refractivity contribution in [3.8, 4) is 0 Å². The van der Waals surface area contributed by atoms with Gasteiger partial charge in [-0.25, -0.2) is 0 Å². The summed E-state index contributed by atoms with van der Waals surface area (Å²) in [6.07, 6.45) is 55.5. The summed E-state index contributed by atoms with van der Waals surface area (Å²) in [5.74, 6) is 1.03. The van der Waals surface area contributed by atoms with E-state index in [0.29, 0.717) is 18.6 Å². The largest absolute Gasteiger partial charge is 0.458 e. The van der Waals surface area contributed by atoms with Gasteiger partial charge in [-0.05, 0) is 25.0 Å². The molecule has 0 aliphatic rings. The molecule has 0 saturated carbocycles. The highest BCUT2D eigenvalue weighted by atomic mass is 32.2. The number of carbonyl (C=O) groups excluding carboxylic acids is 3. The molecule has 0 atom stereocenters. The molecule has 0 radical (unpaired) electrons. The number of amides is 2. The number of thioether (sulfide) groups is 1. The summed E-state index contributed by atoms with van der Waals surface area (Å²) in [5, 5.41) is 6.01. The normalized spacial score (nSPS) is 11.4. The lowest BCUT2D eigenvalue weighted by atomic mass is 10.0. The van der Waals surface area contributed by atoms with Gasteiger partial charge in [-0.1, -0.05) is 271 Å². The first kappa shape index (κ1) is 60.8. The molecule has 0 bridgehead atoms. The van der Waals surface area contributed by atoms with Crippen molar-refractivity contribution in [3.05, 3.63) is 0 Å². The molecule has 0 aliphatic carbocycles. The number of nitrogens with one attached hydrogen (secondary N) is 2. The van der Waals surface area contributed by atoms with Crippen LogP contribution in [-0.2, 0) is 19.1 Å². The molecule has 2 amide bonds. The second kappa shape index (κ2) is 52.4. The molecule has 0 fully saturated rings. The van der Waals surface area contributed by atoms with Crippen molar-refractivity contribution < 1.29 is 19.1 Å². The lowest BCUT2D eigenvalue weighted by Gasteiger charge is -2.19. The van der Waals surface area contributed by atoms with Gasteiger partial charge >= 0.3 is 5.97 Å². The van der Waals surface area contributed by atoms with E-state index in [0.717, 1.165) is 37.9 Å². The predicted molar refractivity (Wildman–Crippen MR) is 273 cm³/mol. The summed E-state index contributed by atoms with van der Waals surface area (Å²) in [5.41, 5.74) is 0. The molecule has 0 saturated heterocycles. The molecule has 0 heterocycles. The number of hydrogen-bond acceptors (Lipinski definition) is 5. The van der Waals surface area contributed by atoms with Gasteiger partial charge in [-0.2, -0.15) is 11.8 Å². The van der Waals surface area contributed by atoms with Crippen LogP contribution in [0.25, 0.3) is 0 Å². The molecule has 0 spiro atoms. The maximum Gasteiger partial charge on any atom is 0.316 e. The Balaban J connectivity index is 4.29. The van der Waals surface area contributed by atoms with E-state index in [-0.39, 0.29) is 30.9 Å². The summed E-state index contributed by atoms with van der Waals surface area (Å²) in [4.78, 5) is 38.3. The zero-order chi connectivity index (χ0) is 45.1. The van der Waals surface area contributed by atoms with Crippen molar-refractivity contribution in [2.24, 2.45) is 0 Å². The number of carbonyl (C=O) groups is 3. The SMILES string of the molecule is CCCCCCCCCCCCCCCCCC(=O)NCC(CNC(=O)CCCCCCCCCCCCCCCCC)OC(=O)CSCCCCCCCCCCCCCC. The second-order valence-electron chi connectivity index (χ2n) is 19.1. The lowest BCUT2D eigenvalue weighted by Crippen LogP contribution is -2.42. The Morgan fingerprint density at radius 1 is 0.355 bits per heavy atom. The highest BCUT2D eigenvalue weighted by Gasteiger charge is 2.17. The Kier molecular flexibility index (Phi) is 51.3. The Labute approximate surface area is 391 Å². The van der Waals surface area contributed by atoms with Crippen LogP contribution >= 0.6 is 11.8 Å². The van der Waals surface area contributed by atoms with Gasteiger partial charge in [-0.3, -0.25) is 14.4 Å². The van der Waals surface area contributed by atoms with Crippen molar-refractivity contribution in [1.29, 1.82) is 0 Å². The molecule has 0 unspecified atom stereocenters. The van der Waals surface area contributed by atoms with E-state index in [9.17, 15) is 14.4 Å². The number of ether oxygens (including phenoxy) is 1. The van der Waals surface area contributed by atoms with Crippen molar-refractivity contribution in [1.82, 2.24) is 10.6 Å². The van der Waals surface area contributed by atoms with Crippen LogP contribution in [0.15, 0.2) is 0 Å². The molecule has 0 aliphatic heterocycles. The predicted octanol–water partition coefficient (Wildman–Crippen LogP) is 17.1. The Morgan fingerprint density at radius 2 is 0.597 bits per heavy atom. The molecule has 6 nitrogen and oxygen atoms in total. The van der Waals surface area contributed by atoms with Crippen molar-refractivity contribution in [2.45, 2.75) is 309 Å². The average molecular weight is 894 g/mol. The van der Waals surface area contributed by atoms with Crippen LogP contribution < -0.4 is 10.6 Å². The van der Waals surface area contributed by atoms with Gasteiger partial charge in [0.05, 0.1) is 18.8 Å². The number of unbranched alkanes of at least 4 members (excludes halogenated alkanes) is 39. The van der Waals surface area contributed by atoms with E-state index in [2.05, 4.69) is 31.4 Å². The molecule has 0 aromatic rings. The molecule has 0 aromatic carbocycles. The number of esters is 1. The van der Waals surface area contributed by atoms with Gasteiger partial charge in [0.2, 0.25) is 11.8 Å². The van der Waals surface area contributed by atoms with E-state index in [4.69, 9.17) is 4.74 Å². The minimum absolute atomic E-state index is 0.00576. The van der Waals surface area contributed by atoms with E-state index < -0.39 is 6.10 Å². The first-order valence-corrected chi connectivity index (χ1v) is 29.0. The first-order valence-electron chi connectivity index (χ1n) is 27.8. The fourth-order valence-corrected chi connectivity index (χ4v) is 9.31. The maximum absolute atomic E-state index is 12.9. The van der Waals surface area contributed by atoms with Crippen LogP contribution in [0.4, 0.5) is 0 Å². The maximum atomic E-state index is 12.9. The second-order valence-corrected chi connectivity index (χ2v) is 20.2. The highest BCUT2D eigenvalue weighted by Crippen LogP contribution is 2.17. The van der Waals surface area contributed by atoms with Gasteiger partial charge < -0.3 is 15.4 Å². The van der Waals surface area contributed by atoms with E-state index >= 15 is 0 Å². The van der Waals surface area contributed by atoms with E-state index in [1.165, 1.54) is 238 Å². The van der Waals surface area contributed by atoms with Crippen LogP contribution in [0.1, 0.15) is 303 Å². The topological polar surface area (TPSA) is 84.5 Å². The quantitative estimate of drug-likeness (QED) is 0.0469. The zero-order valence-electron chi connectivity index (χ0n) is 42.1. The van der Waals surface area contributed by atoms with Crippen molar-refractivity contribution in [3.63, 3.8) is 0 Å². The Hall–Kier alpha value is -1.24. The molecular weight excluding hydrogens is 785 g/mol. The smallest absolute Gasteiger partial charge is 0.316 e. The third kappa shape index (κ3) is 49.8. The minimum atomic E-state index is -0.551. The molecule has 368 valence electrons. The van der Waals surface area contributed by atoms with E-state index in [1.54, 1.807) is 11.8 Å². The van der Waals surface area contributed by atoms with Gasteiger partial charge in [0.15, 0.2) is 0 Å². The fourth-order valence-electron chi connectivity index (χ4n) is 8.52. The van der Waals surface area contributed by atoms with Gasteiger partial charge in [0, 0.05) is 12.8 Å². The third-order valence-electron chi connectivity index (χ3n) is 12.7. The fraction of sp³-hybridized carbons (Fsp3) is 0.945. The molecular formula is C55H108N2O4S. The van der Waals surface area contributed by atoms with Crippen molar-refractivity contribution >= 4 is 29.5 Å². The summed E-state index contributed by atoms with van der Waals surface area (Å²) >= 11 is 1.64. The van der Waals surface area contributed by atoms with Crippen LogP contribution in [0, 0.1) is 0 Å². The van der Waals surface area contributed by atoms with E-state index in [1.807, 2.05) is 0 Å². The van der Waals surface area contributed by atoms with Crippen LogP contribution in [0.2, 0.25) is 0 Å². The van der Waals surface area contributed by atoms with Gasteiger partial charge in [0.1, 0.15) is 6.10 Å². The highest BCUT2D eigenvalue weighted by molar-refractivity contribution is 7.99. The van der Waals surface area contributed by atoms with Gasteiger partial charge in [-0.15, -0.1) is 0 Å². The standard InChI is InChI=1S/C55H108N2O4S/c1-4-7-10-13-16-19-22-25-27-29-31-34-37-40-43-46-53(58)56-49-52(61-55(60)51-62-48-45-42-39-36-33-24-21-18-15-12-9-6-3)50-57-54(59)47-44-41-38-35-32-30-28-26-23-20-17-14-11-8-5-2/h52H,4-51H2,1-3H3,(H,56,58)(H,57,59). The molecule has 0 rings (SSSR count). The summed E-state index contributed by atoms with van der Waals surface area (Å²) in [6.45, 7) is 7.32. The Morgan fingerprint density at radius 3 is 0.871 bits per heavy atom. The monoisotopic (exact) mass is 893 g/mol. The summed E-state index contributed by atoms with van der Waals surface area (Å²) in [6, 6.07) is 0. The minimum Gasteiger partial charge on any atom is -0.458 e.